The van der Waals surface area contributed by atoms with Crippen molar-refractivity contribution in [2.24, 2.45) is 23.7 Å². The molecule has 0 saturated carbocycles. The quantitative estimate of drug-likeness (QED) is 0.211. The van der Waals surface area contributed by atoms with Crippen molar-refractivity contribution in [1.29, 1.82) is 0 Å². The Kier molecular flexibility index (Phi) is 14.2. The Bertz CT molecular complexity index is 1850. The molecule has 0 radical (unpaired) electrons. The van der Waals surface area contributed by atoms with E-state index in [1.807, 2.05) is 45.1 Å². The van der Waals surface area contributed by atoms with Crippen LogP contribution in [-0.2, 0) is 42.7 Å². The number of esters is 2. The molecular formula is C49H68O12. The molecule has 12 heteroatoms. The van der Waals surface area contributed by atoms with Gasteiger partial charge in [0.25, 0.3) is 0 Å². The van der Waals surface area contributed by atoms with Crippen molar-refractivity contribution in [1.82, 2.24) is 0 Å². The predicted molar refractivity (Wildman–Crippen MR) is 227 cm³/mol. The number of aliphatic hydroxyl groups excluding tert-OH is 1. The van der Waals surface area contributed by atoms with Gasteiger partial charge in [-0.2, -0.15) is 0 Å². The number of ether oxygens (including phenoxy) is 8. The van der Waals surface area contributed by atoms with Crippen LogP contribution in [0, 0.1) is 30.6 Å². The van der Waals surface area contributed by atoms with Gasteiger partial charge < -0.3 is 48.1 Å². The number of allylic oxidation sites excluding steroid dienone is 2. The summed E-state index contributed by atoms with van der Waals surface area (Å²) < 4.78 is 51.6. The monoisotopic (exact) mass is 848 g/mol. The van der Waals surface area contributed by atoms with Gasteiger partial charge in [0.15, 0.2) is 18.2 Å². The molecule has 1 aromatic rings. The summed E-state index contributed by atoms with van der Waals surface area (Å²) in [5.41, 5.74) is 1.66. The zero-order valence-electron chi connectivity index (χ0n) is 37.4. The van der Waals surface area contributed by atoms with E-state index in [1.54, 1.807) is 38.3 Å². The highest BCUT2D eigenvalue weighted by atomic mass is 16.7. The summed E-state index contributed by atoms with van der Waals surface area (Å²) in [6, 6.07) is 7.25. The third kappa shape index (κ3) is 9.53. The molecule has 2 bridgehead atoms. The second-order valence-corrected chi connectivity index (χ2v) is 18.7. The van der Waals surface area contributed by atoms with Gasteiger partial charge in [0, 0.05) is 38.7 Å². The average molecular weight is 849 g/mol. The van der Waals surface area contributed by atoms with Crippen LogP contribution < -0.4 is 0 Å². The second-order valence-electron chi connectivity index (χ2n) is 18.7. The molecule has 4 saturated heterocycles. The first-order chi connectivity index (χ1) is 29.0. The Balaban J connectivity index is 1.19. The zero-order chi connectivity index (χ0) is 43.8. The molecule has 16 atom stereocenters. The molecule has 61 heavy (non-hydrogen) atoms. The molecule has 1 aromatic carbocycles. The number of aliphatic hydroxyl groups is 2. The van der Waals surface area contributed by atoms with Gasteiger partial charge in [-0.1, -0.05) is 82.2 Å². The standard InChI is InChI=1S/C49H68O12/c1-10-28(3)43-31(6)20-21-48(61-43)25-37-23-36(60-48)19-16-30(5)42(58-40-24-39(54-9)44(33(8)56-40)59-46(51)34-17-14-27(2)15-18-34)29(4)12-11-13-35-26-55-45-41(50)32(7)22-38(47(52)57-37)49(35,45)53/h11-18,22,28-29,31,33,36-45,50,53H,10,19-21,23-26H2,1-9H3/b12-11+,30-16+,35-13+/t28?,29-,31-,33-,36+,37-,38-,39-,40-,41+,42-,43+,44-,45+,48+,49+/m0/s1. The van der Waals surface area contributed by atoms with E-state index in [0.717, 1.165) is 24.0 Å². The summed E-state index contributed by atoms with van der Waals surface area (Å²) in [6.07, 6.45) is 7.78. The van der Waals surface area contributed by atoms with Crippen LogP contribution in [0.3, 0.4) is 0 Å². The van der Waals surface area contributed by atoms with Crippen molar-refractivity contribution in [3.05, 3.63) is 82.5 Å². The molecule has 1 spiro atoms. The van der Waals surface area contributed by atoms with Crippen LogP contribution in [0.5, 0.6) is 0 Å². The number of rotatable bonds is 7. The largest absolute Gasteiger partial charge is 0.462 e. The third-order valence-electron chi connectivity index (χ3n) is 14.2. The fourth-order valence-corrected chi connectivity index (χ4v) is 10.3. The summed E-state index contributed by atoms with van der Waals surface area (Å²) in [5, 5.41) is 23.7. The number of methoxy groups -OCH3 is 1. The van der Waals surface area contributed by atoms with E-state index in [-0.39, 0.29) is 24.7 Å². The Hall–Kier alpha value is -3.20. The minimum atomic E-state index is -1.83. The molecule has 2 N–H and O–H groups in total. The van der Waals surface area contributed by atoms with E-state index in [9.17, 15) is 19.8 Å². The van der Waals surface area contributed by atoms with Crippen LogP contribution in [0.25, 0.3) is 0 Å². The molecular weight excluding hydrogens is 781 g/mol. The minimum Gasteiger partial charge on any atom is -0.462 e. The van der Waals surface area contributed by atoms with Crippen LogP contribution in [0.15, 0.2) is 71.4 Å². The zero-order valence-corrected chi connectivity index (χ0v) is 37.4. The number of fused-ring (bicyclic) bond motifs is 2. The smallest absolute Gasteiger partial charge is 0.338 e. The lowest BCUT2D eigenvalue weighted by atomic mass is 9.71. The Morgan fingerprint density at radius 1 is 1.03 bits per heavy atom. The van der Waals surface area contributed by atoms with Crippen molar-refractivity contribution in [3.63, 3.8) is 0 Å². The lowest BCUT2D eigenvalue weighted by Gasteiger charge is -2.51. The summed E-state index contributed by atoms with van der Waals surface area (Å²) in [6.45, 7) is 16.3. The number of carbonyl (C=O) groups is 2. The van der Waals surface area contributed by atoms with Crippen LogP contribution in [0.4, 0.5) is 0 Å². The average Bonchev–Trinajstić information content (AvgIpc) is 3.57. The highest BCUT2D eigenvalue weighted by Gasteiger charge is 2.60. The van der Waals surface area contributed by atoms with Gasteiger partial charge in [-0.3, -0.25) is 4.79 Å². The Labute approximate surface area is 361 Å². The summed E-state index contributed by atoms with van der Waals surface area (Å²) >= 11 is 0. The third-order valence-corrected chi connectivity index (χ3v) is 14.2. The fourth-order valence-electron chi connectivity index (χ4n) is 10.3. The van der Waals surface area contributed by atoms with Crippen molar-refractivity contribution in [3.8, 4) is 0 Å². The maximum atomic E-state index is 14.3. The van der Waals surface area contributed by atoms with Gasteiger partial charge in [0.05, 0.1) is 36.6 Å². The lowest BCUT2D eigenvalue weighted by Crippen LogP contribution is -2.58. The highest BCUT2D eigenvalue weighted by Crippen LogP contribution is 2.48. The Morgan fingerprint density at radius 3 is 2.51 bits per heavy atom. The first kappa shape index (κ1) is 45.8. The van der Waals surface area contributed by atoms with Crippen LogP contribution in [0.2, 0.25) is 0 Å². The van der Waals surface area contributed by atoms with Crippen LogP contribution in [-0.4, -0.2) is 108 Å². The molecule has 0 amide bonds. The Morgan fingerprint density at radius 2 is 1.79 bits per heavy atom. The maximum absolute atomic E-state index is 14.3. The van der Waals surface area contributed by atoms with Crippen molar-refractivity contribution >= 4 is 11.9 Å². The summed E-state index contributed by atoms with van der Waals surface area (Å²) in [5.74, 6) is -2.57. The molecule has 4 fully saturated rings. The topological polar surface area (TPSA) is 148 Å². The number of carbonyl (C=O) groups excluding carboxylic acids is 2. The van der Waals surface area contributed by atoms with E-state index in [0.29, 0.717) is 60.6 Å². The van der Waals surface area contributed by atoms with E-state index in [4.69, 9.17) is 37.9 Å². The molecule has 0 aromatic heterocycles. The van der Waals surface area contributed by atoms with Gasteiger partial charge in [0.1, 0.15) is 35.9 Å². The summed E-state index contributed by atoms with van der Waals surface area (Å²) in [4.78, 5) is 27.5. The van der Waals surface area contributed by atoms with E-state index < -0.39 is 78.3 Å². The lowest BCUT2D eigenvalue weighted by molar-refractivity contribution is -0.340. The first-order valence-electron chi connectivity index (χ1n) is 22.5. The van der Waals surface area contributed by atoms with E-state index in [1.165, 1.54) is 0 Å². The van der Waals surface area contributed by atoms with Crippen LogP contribution >= 0.6 is 0 Å². The van der Waals surface area contributed by atoms with Crippen molar-refractivity contribution < 1.29 is 57.7 Å². The van der Waals surface area contributed by atoms with Gasteiger partial charge in [-0.15, -0.1) is 0 Å². The van der Waals surface area contributed by atoms with E-state index >= 15 is 0 Å². The molecule has 1 unspecified atom stereocenters. The first-order valence-corrected chi connectivity index (χ1v) is 22.5. The molecule has 336 valence electrons. The SMILES string of the molecule is CCC(C)[C@H]1O[C@]2(CC[C@@H]1C)C[C@@H]1C[C@@H](C/C=C(\C)[C@@H](O[C@H]3C[C@H](OC)[C@@H](OC(=O)c4ccc(C)cc4)[C@H](C)O3)[C@@H](C)/C=C/C=C3\CO[C@@H]4[C@H](O)C(C)=C[C@@H](C(=O)O1)[C@]34O)O2. The number of aryl methyl sites for hydroxylation is 1. The van der Waals surface area contributed by atoms with Gasteiger partial charge in [0.2, 0.25) is 0 Å². The number of hydrogen-bond donors (Lipinski definition) is 2. The molecule has 5 heterocycles. The number of hydrogen-bond acceptors (Lipinski definition) is 12. The molecule has 12 nitrogen and oxygen atoms in total. The second kappa shape index (κ2) is 18.9. The predicted octanol–water partition coefficient (Wildman–Crippen LogP) is 7.24. The molecule has 7 rings (SSSR count). The van der Waals surface area contributed by atoms with Crippen molar-refractivity contribution in [2.75, 3.05) is 13.7 Å². The van der Waals surface area contributed by atoms with E-state index in [2.05, 4.69) is 33.8 Å². The maximum Gasteiger partial charge on any atom is 0.338 e. The molecule has 6 aliphatic rings. The summed E-state index contributed by atoms with van der Waals surface area (Å²) in [7, 11) is 1.60. The highest BCUT2D eigenvalue weighted by molar-refractivity contribution is 5.89. The van der Waals surface area contributed by atoms with Crippen LogP contribution in [0.1, 0.15) is 109 Å². The fraction of sp³-hybridized carbons (Fsp3) is 0.673. The minimum absolute atomic E-state index is 0.0100. The van der Waals surface area contributed by atoms with Gasteiger partial charge in [-0.25, -0.2) is 4.79 Å². The molecule has 1 aliphatic carbocycles. The number of benzene rings is 1. The van der Waals surface area contributed by atoms with Crippen molar-refractivity contribution in [2.45, 2.75) is 173 Å². The normalized spacial score (nSPS) is 43.4. The molecule has 5 aliphatic heterocycles. The van der Waals surface area contributed by atoms with Gasteiger partial charge in [-0.05, 0) is 81.2 Å². The van der Waals surface area contributed by atoms with Gasteiger partial charge >= 0.3 is 11.9 Å².